The molecule has 2 aliphatic rings. The van der Waals surface area contributed by atoms with Crippen LogP contribution in [-0.4, -0.2) is 37.6 Å². The van der Waals surface area contributed by atoms with E-state index < -0.39 is 0 Å². The summed E-state index contributed by atoms with van der Waals surface area (Å²) in [6, 6.07) is 15.6. The normalized spacial score (nSPS) is 17.9. The Morgan fingerprint density at radius 1 is 1.07 bits per heavy atom. The van der Waals surface area contributed by atoms with Crippen molar-refractivity contribution >= 4 is 33.4 Å². The molecule has 1 saturated heterocycles. The quantitative estimate of drug-likeness (QED) is 0.576. The van der Waals surface area contributed by atoms with Gasteiger partial charge in [0.2, 0.25) is 5.91 Å². The van der Waals surface area contributed by atoms with E-state index in [1.165, 1.54) is 0 Å². The van der Waals surface area contributed by atoms with Crippen molar-refractivity contribution in [2.24, 2.45) is 0 Å². The standard InChI is InChI=1S/C23H26BrN3O3/c24-17-5-3-4-16(14-17)23(10-12-30-13-11-23)25-15-21(28)27-20-7-2-1-6-19(20)22(29)26-18-8-9-18/h1-7,14,18,25H,8-13,15H2,(H,26,29)(H,27,28). The van der Waals surface area contributed by atoms with Crippen LogP contribution in [0, 0.1) is 0 Å². The van der Waals surface area contributed by atoms with E-state index in [4.69, 9.17) is 4.74 Å². The summed E-state index contributed by atoms with van der Waals surface area (Å²) in [7, 11) is 0. The molecule has 1 aliphatic heterocycles. The topological polar surface area (TPSA) is 79.5 Å². The third-order valence-electron chi connectivity index (χ3n) is 5.67. The summed E-state index contributed by atoms with van der Waals surface area (Å²) in [4.78, 5) is 25.2. The van der Waals surface area contributed by atoms with Gasteiger partial charge in [0.05, 0.1) is 17.8 Å². The number of para-hydroxylation sites is 1. The van der Waals surface area contributed by atoms with Crippen molar-refractivity contribution in [1.82, 2.24) is 10.6 Å². The van der Waals surface area contributed by atoms with Crippen LogP contribution in [0.5, 0.6) is 0 Å². The number of carbonyl (C=O) groups is 2. The Kier molecular flexibility index (Phi) is 6.51. The van der Waals surface area contributed by atoms with E-state index in [0.29, 0.717) is 24.5 Å². The summed E-state index contributed by atoms with van der Waals surface area (Å²) >= 11 is 3.54. The molecule has 2 amide bonds. The second-order valence-electron chi connectivity index (χ2n) is 7.90. The first-order valence-corrected chi connectivity index (χ1v) is 11.1. The zero-order valence-electron chi connectivity index (χ0n) is 16.7. The summed E-state index contributed by atoms with van der Waals surface area (Å²) in [6.07, 6.45) is 3.62. The minimum atomic E-state index is -0.317. The summed E-state index contributed by atoms with van der Waals surface area (Å²) in [6.45, 7) is 1.43. The van der Waals surface area contributed by atoms with Gasteiger partial charge in [0.25, 0.3) is 5.91 Å². The molecule has 7 heteroatoms. The molecule has 0 aromatic heterocycles. The van der Waals surface area contributed by atoms with Crippen LogP contribution in [0.2, 0.25) is 0 Å². The molecule has 6 nitrogen and oxygen atoms in total. The fourth-order valence-electron chi connectivity index (χ4n) is 3.80. The molecule has 0 atom stereocenters. The van der Waals surface area contributed by atoms with Crippen LogP contribution >= 0.6 is 15.9 Å². The first-order chi connectivity index (χ1) is 14.6. The average molecular weight is 472 g/mol. The van der Waals surface area contributed by atoms with Crippen molar-refractivity contribution in [1.29, 1.82) is 0 Å². The average Bonchev–Trinajstić information content (AvgIpc) is 3.57. The van der Waals surface area contributed by atoms with E-state index in [1.807, 2.05) is 18.2 Å². The van der Waals surface area contributed by atoms with Crippen LogP contribution < -0.4 is 16.0 Å². The van der Waals surface area contributed by atoms with Crippen molar-refractivity contribution < 1.29 is 14.3 Å². The molecule has 0 spiro atoms. The maximum atomic E-state index is 12.8. The molecule has 0 bridgehead atoms. The minimum Gasteiger partial charge on any atom is -0.381 e. The summed E-state index contributed by atoms with van der Waals surface area (Å²) < 4.78 is 6.57. The van der Waals surface area contributed by atoms with Crippen molar-refractivity contribution in [2.75, 3.05) is 25.1 Å². The van der Waals surface area contributed by atoms with Gasteiger partial charge in [-0.05, 0) is 55.5 Å². The number of anilines is 1. The molecule has 158 valence electrons. The van der Waals surface area contributed by atoms with Gasteiger partial charge in [-0.15, -0.1) is 0 Å². The lowest BCUT2D eigenvalue weighted by Crippen LogP contribution is -2.49. The highest BCUT2D eigenvalue weighted by Crippen LogP contribution is 2.33. The summed E-state index contributed by atoms with van der Waals surface area (Å²) in [5.74, 6) is -0.320. The number of nitrogens with one attached hydrogen (secondary N) is 3. The number of hydrogen-bond acceptors (Lipinski definition) is 4. The van der Waals surface area contributed by atoms with Gasteiger partial charge >= 0.3 is 0 Å². The molecule has 0 unspecified atom stereocenters. The number of halogens is 1. The molecule has 2 aromatic rings. The fourth-order valence-corrected chi connectivity index (χ4v) is 4.20. The number of amides is 2. The lowest BCUT2D eigenvalue weighted by atomic mass is 9.82. The van der Waals surface area contributed by atoms with Crippen molar-refractivity contribution in [2.45, 2.75) is 37.3 Å². The zero-order chi connectivity index (χ0) is 21.0. The van der Waals surface area contributed by atoms with Gasteiger partial charge in [-0.3, -0.25) is 14.9 Å². The van der Waals surface area contributed by atoms with E-state index in [9.17, 15) is 9.59 Å². The largest absolute Gasteiger partial charge is 0.381 e. The predicted molar refractivity (Wildman–Crippen MR) is 119 cm³/mol. The predicted octanol–water partition coefficient (Wildman–Crippen LogP) is 3.58. The van der Waals surface area contributed by atoms with E-state index in [1.54, 1.807) is 18.2 Å². The lowest BCUT2D eigenvalue weighted by Gasteiger charge is -2.38. The maximum Gasteiger partial charge on any atom is 0.253 e. The SMILES string of the molecule is O=C(CNC1(c2cccc(Br)c2)CCOCC1)Nc1ccccc1C(=O)NC1CC1. The monoisotopic (exact) mass is 471 g/mol. The zero-order valence-corrected chi connectivity index (χ0v) is 18.3. The Morgan fingerprint density at radius 3 is 2.57 bits per heavy atom. The molecule has 4 rings (SSSR count). The number of rotatable bonds is 7. The van der Waals surface area contributed by atoms with Crippen molar-refractivity contribution in [3.05, 3.63) is 64.1 Å². The third-order valence-corrected chi connectivity index (χ3v) is 6.16. The Labute approximate surface area is 184 Å². The Morgan fingerprint density at radius 2 is 1.83 bits per heavy atom. The third kappa shape index (κ3) is 5.09. The molecule has 1 aliphatic carbocycles. The van der Waals surface area contributed by atoms with Gasteiger partial charge in [0.1, 0.15) is 0 Å². The number of hydrogen-bond donors (Lipinski definition) is 3. The second kappa shape index (κ2) is 9.29. The van der Waals surface area contributed by atoms with Crippen LogP contribution in [0.15, 0.2) is 53.0 Å². The highest BCUT2D eigenvalue weighted by molar-refractivity contribution is 9.10. The summed E-state index contributed by atoms with van der Waals surface area (Å²) in [5.41, 5.74) is 1.84. The Bertz CT molecular complexity index is 923. The van der Waals surface area contributed by atoms with E-state index in [0.717, 1.165) is 35.7 Å². The first kappa shape index (κ1) is 21.0. The van der Waals surface area contributed by atoms with Gasteiger partial charge in [-0.25, -0.2) is 0 Å². The molecule has 2 fully saturated rings. The van der Waals surface area contributed by atoms with Crippen LogP contribution in [0.1, 0.15) is 41.6 Å². The molecule has 2 aromatic carbocycles. The Balaban J connectivity index is 1.44. The summed E-state index contributed by atoms with van der Waals surface area (Å²) in [5, 5.41) is 9.35. The van der Waals surface area contributed by atoms with E-state index in [-0.39, 0.29) is 29.9 Å². The highest BCUT2D eigenvalue weighted by atomic mass is 79.9. The van der Waals surface area contributed by atoms with Crippen LogP contribution in [0.3, 0.4) is 0 Å². The van der Waals surface area contributed by atoms with E-state index in [2.05, 4.69) is 44.0 Å². The van der Waals surface area contributed by atoms with Gasteiger partial charge in [-0.2, -0.15) is 0 Å². The number of benzene rings is 2. The second-order valence-corrected chi connectivity index (χ2v) is 8.82. The molecular weight excluding hydrogens is 446 g/mol. The fraction of sp³-hybridized carbons (Fsp3) is 0.391. The van der Waals surface area contributed by atoms with Crippen molar-refractivity contribution in [3.63, 3.8) is 0 Å². The van der Waals surface area contributed by atoms with Crippen LogP contribution in [0.25, 0.3) is 0 Å². The van der Waals surface area contributed by atoms with E-state index >= 15 is 0 Å². The van der Waals surface area contributed by atoms with Crippen molar-refractivity contribution in [3.8, 4) is 0 Å². The molecular formula is C23H26BrN3O3. The Hall–Kier alpha value is -2.22. The smallest absolute Gasteiger partial charge is 0.253 e. The highest BCUT2D eigenvalue weighted by Gasteiger charge is 2.34. The van der Waals surface area contributed by atoms with Gasteiger partial charge in [0, 0.05) is 29.3 Å². The van der Waals surface area contributed by atoms with Gasteiger partial charge in [0.15, 0.2) is 0 Å². The minimum absolute atomic E-state index is 0.142. The van der Waals surface area contributed by atoms with Crippen LogP contribution in [0.4, 0.5) is 5.69 Å². The molecule has 1 saturated carbocycles. The maximum absolute atomic E-state index is 12.8. The van der Waals surface area contributed by atoms with Gasteiger partial charge < -0.3 is 15.4 Å². The molecule has 1 heterocycles. The van der Waals surface area contributed by atoms with Crippen LogP contribution in [-0.2, 0) is 15.1 Å². The molecule has 0 radical (unpaired) electrons. The molecule has 3 N–H and O–H groups in total. The molecule has 30 heavy (non-hydrogen) atoms. The number of ether oxygens (including phenoxy) is 1. The number of carbonyl (C=O) groups excluding carboxylic acids is 2. The van der Waals surface area contributed by atoms with Gasteiger partial charge in [-0.1, -0.05) is 40.2 Å². The lowest BCUT2D eigenvalue weighted by molar-refractivity contribution is -0.116. The first-order valence-electron chi connectivity index (χ1n) is 10.3.